The third-order valence-electron chi connectivity index (χ3n) is 1.08. The highest BCUT2D eigenvalue weighted by molar-refractivity contribution is 14.1. The van der Waals surface area contributed by atoms with Crippen molar-refractivity contribution < 1.29 is 17.9 Å². The maximum absolute atomic E-state index is 11.9. The summed E-state index contributed by atoms with van der Waals surface area (Å²) in [6.07, 6.45) is -4.76. The predicted molar refractivity (Wildman–Crippen MR) is 56.3 cm³/mol. The number of aromatic nitrogens is 1. The molecule has 0 spiro atoms. The lowest BCUT2D eigenvalue weighted by Crippen LogP contribution is -2.17. The SMILES string of the molecule is FC(F)(F)Oc1cc(Br)nc(I)c1Cl. The lowest BCUT2D eigenvalue weighted by atomic mass is 10.4. The maximum atomic E-state index is 11.9. The summed E-state index contributed by atoms with van der Waals surface area (Å²) in [6.45, 7) is 0. The van der Waals surface area contributed by atoms with Gasteiger partial charge in [0.25, 0.3) is 0 Å². The predicted octanol–water partition coefficient (Wildman–Crippen LogP) is 4.00. The minimum Gasteiger partial charge on any atom is -0.404 e. The first-order valence-electron chi connectivity index (χ1n) is 3.07. The quantitative estimate of drug-likeness (QED) is 0.523. The zero-order chi connectivity index (χ0) is 10.9. The van der Waals surface area contributed by atoms with Crippen molar-refractivity contribution in [2.75, 3.05) is 0 Å². The van der Waals surface area contributed by atoms with E-state index in [-0.39, 0.29) is 13.3 Å². The summed E-state index contributed by atoms with van der Waals surface area (Å²) in [5, 5.41) is -0.161. The Morgan fingerprint density at radius 3 is 2.57 bits per heavy atom. The van der Waals surface area contributed by atoms with Gasteiger partial charge in [0.1, 0.15) is 13.3 Å². The Kier molecular flexibility index (Phi) is 3.87. The Labute approximate surface area is 104 Å². The molecular formula is C6HBrClF3INO. The molecule has 0 saturated carbocycles. The molecule has 14 heavy (non-hydrogen) atoms. The van der Waals surface area contributed by atoms with Gasteiger partial charge in [0.15, 0.2) is 5.75 Å². The van der Waals surface area contributed by atoms with Crippen molar-refractivity contribution in [2.45, 2.75) is 6.36 Å². The average Bonchev–Trinajstić information content (AvgIpc) is 1.96. The van der Waals surface area contributed by atoms with Gasteiger partial charge in [-0.2, -0.15) is 0 Å². The maximum Gasteiger partial charge on any atom is 0.573 e. The van der Waals surface area contributed by atoms with Crippen LogP contribution in [0, 0.1) is 3.70 Å². The van der Waals surface area contributed by atoms with Crippen LogP contribution in [0.25, 0.3) is 0 Å². The van der Waals surface area contributed by atoms with Gasteiger partial charge in [0.2, 0.25) is 0 Å². The Hall–Kier alpha value is 0.240. The van der Waals surface area contributed by atoms with Crippen LogP contribution in [0.5, 0.6) is 5.75 Å². The number of nitrogens with zero attached hydrogens (tertiary/aromatic N) is 1. The highest BCUT2D eigenvalue weighted by Gasteiger charge is 2.32. The highest BCUT2D eigenvalue weighted by Crippen LogP contribution is 2.34. The van der Waals surface area contributed by atoms with Gasteiger partial charge < -0.3 is 4.74 Å². The molecular weight excluding hydrogens is 401 g/mol. The van der Waals surface area contributed by atoms with Crippen molar-refractivity contribution in [3.05, 3.63) is 19.4 Å². The van der Waals surface area contributed by atoms with Crippen LogP contribution in [0.4, 0.5) is 13.2 Å². The molecule has 0 atom stereocenters. The van der Waals surface area contributed by atoms with Gasteiger partial charge in [-0.05, 0) is 38.5 Å². The van der Waals surface area contributed by atoms with E-state index in [9.17, 15) is 13.2 Å². The van der Waals surface area contributed by atoms with Crippen LogP contribution >= 0.6 is 50.1 Å². The monoisotopic (exact) mass is 401 g/mol. The van der Waals surface area contributed by atoms with Gasteiger partial charge in [-0.15, -0.1) is 13.2 Å². The molecule has 1 heterocycles. The fourth-order valence-corrected chi connectivity index (χ4v) is 2.03. The normalized spacial score (nSPS) is 11.6. The van der Waals surface area contributed by atoms with E-state index in [1.54, 1.807) is 22.6 Å². The molecule has 0 amide bonds. The van der Waals surface area contributed by atoms with E-state index in [2.05, 4.69) is 25.7 Å². The van der Waals surface area contributed by atoms with Gasteiger partial charge in [0, 0.05) is 6.07 Å². The standard InChI is InChI=1S/C6HBrClF3INO/c7-3-1-2(14-6(9,10)11)4(8)5(12)13-3/h1H. The van der Waals surface area contributed by atoms with Crippen LogP contribution in [-0.2, 0) is 0 Å². The molecule has 0 saturated heterocycles. The topological polar surface area (TPSA) is 22.1 Å². The Balaban J connectivity index is 3.09. The van der Waals surface area contributed by atoms with E-state index in [4.69, 9.17) is 11.6 Å². The van der Waals surface area contributed by atoms with Gasteiger partial charge in [0.05, 0.1) is 0 Å². The van der Waals surface area contributed by atoms with Crippen LogP contribution in [0.1, 0.15) is 0 Å². The lowest BCUT2D eigenvalue weighted by Gasteiger charge is -2.10. The van der Waals surface area contributed by atoms with E-state index in [0.717, 1.165) is 6.07 Å². The fourth-order valence-electron chi connectivity index (χ4n) is 0.647. The van der Waals surface area contributed by atoms with Gasteiger partial charge in [-0.1, -0.05) is 11.6 Å². The summed E-state index contributed by atoms with van der Waals surface area (Å²) in [7, 11) is 0. The Morgan fingerprint density at radius 1 is 1.50 bits per heavy atom. The summed E-state index contributed by atoms with van der Waals surface area (Å²) in [4.78, 5) is 3.79. The number of halogens is 6. The molecule has 1 aromatic rings. The summed E-state index contributed by atoms with van der Waals surface area (Å²) in [5.41, 5.74) is 0. The van der Waals surface area contributed by atoms with E-state index in [1.807, 2.05) is 0 Å². The zero-order valence-electron chi connectivity index (χ0n) is 6.20. The Bertz CT molecular complexity index is 360. The molecule has 0 unspecified atom stereocenters. The summed E-state index contributed by atoms with van der Waals surface area (Å²) in [5.74, 6) is -0.467. The second-order valence-corrected chi connectivity index (χ2v) is 4.31. The smallest absolute Gasteiger partial charge is 0.404 e. The highest BCUT2D eigenvalue weighted by atomic mass is 127. The fraction of sp³-hybridized carbons (Fsp3) is 0.167. The summed E-state index contributed by atoms with van der Waals surface area (Å²) in [6, 6.07) is 1.05. The average molecular weight is 402 g/mol. The summed E-state index contributed by atoms with van der Waals surface area (Å²) < 4.78 is 39.7. The second kappa shape index (κ2) is 4.40. The van der Waals surface area contributed by atoms with Crippen molar-refractivity contribution in [3.8, 4) is 5.75 Å². The van der Waals surface area contributed by atoms with Gasteiger partial charge >= 0.3 is 6.36 Å². The molecule has 1 aromatic heterocycles. The first-order valence-corrected chi connectivity index (χ1v) is 5.32. The molecule has 0 radical (unpaired) electrons. The first kappa shape index (κ1) is 12.3. The number of hydrogen-bond donors (Lipinski definition) is 0. The number of alkyl halides is 3. The van der Waals surface area contributed by atoms with Crippen molar-refractivity contribution in [1.82, 2.24) is 4.98 Å². The van der Waals surface area contributed by atoms with Crippen molar-refractivity contribution >= 4 is 50.1 Å². The van der Waals surface area contributed by atoms with Crippen molar-refractivity contribution in [2.24, 2.45) is 0 Å². The first-order chi connectivity index (χ1) is 6.29. The van der Waals surface area contributed by atoms with E-state index < -0.39 is 12.1 Å². The van der Waals surface area contributed by atoms with Crippen LogP contribution in [0.3, 0.4) is 0 Å². The van der Waals surface area contributed by atoms with Gasteiger partial charge in [-0.25, -0.2) is 4.98 Å². The van der Waals surface area contributed by atoms with E-state index in [1.165, 1.54) is 0 Å². The molecule has 0 bridgehead atoms. The molecule has 1 rings (SSSR count). The van der Waals surface area contributed by atoms with Crippen LogP contribution in [0.2, 0.25) is 5.02 Å². The minimum atomic E-state index is -4.76. The van der Waals surface area contributed by atoms with Crippen molar-refractivity contribution in [3.63, 3.8) is 0 Å². The number of ether oxygens (including phenoxy) is 1. The van der Waals surface area contributed by atoms with E-state index >= 15 is 0 Å². The summed E-state index contributed by atoms with van der Waals surface area (Å²) >= 11 is 10.2. The van der Waals surface area contributed by atoms with E-state index in [0.29, 0.717) is 0 Å². The molecule has 0 aliphatic carbocycles. The molecule has 78 valence electrons. The van der Waals surface area contributed by atoms with Crippen LogP contribution in [-0.4, -0.2) is 11.3 Å². The molecule has 0 aromatic carbocycles. The minimum absolute atomic E-state index is 0.161. The third kappa shape index (κ3) is 3.43. The molecule has 8 heteroatoms. The molecule has 0 aliphatic heterocycles. The largest absolute Gasteiger partial charge is 0.573 e. The number of hydrogen-bond acceptors (Lipinski definition) is 2. The molecule has 0 aliphatic rings. The third-order valence-corrected chi connectivity index (χ3v) is 2.95. The van der Waals surface area contributed by atoms with Gasteiger partial charge in [-0.3, -0.25) is 0 Å². The second-order valence-electron chi connectivity index (χ2n) is 2.10. The molecule has 0 fully saturated rings. The molecule has 0 N–H and O–H groups in total. The lowest BCUT2D eigenvalue weighted by molar-refractivity contribution is -0.274. The Morgan fingerprint density at radius 2 is 2.07 bits per heavy atom. The number of rotatable bonds is 1. The van der Waals surface area contributed by atoms with Crippen LogP contribution in [0.15, 0.2) is 10.7 Å². The zero-order valence-corrected chi connectivity index (χ0v) is 10.7. The number of pyridine rings is 1. The van der Waals surface area contributed by atoms with Crippen LogP contribution < -0.4 is 4.74 Å². The molecule has 2 nitrogen and oxygen atoms in total. The van der Waals surface area contributed by atoms with Crippen molar-refractivity contribution in [1.29, 1.82) is 0 Å².